The molecule has 5 nitrogen and oxygen atoms in total. The lowest BCUT2D eigenvalue weighted by Crippen LogP contribution is -2.54. The van der Waals surface area contributed by atoms with E-state index >= 15 is 0 Å². The van der Waals surface area contributed by atoms with E-state index in [-0.39, 0.29) is 24.4 Å². The van der Waals surface area contributed by atoms with Gasteiger partial charge in [0.1, 0.15) is 0 Å². The average Bonchev–Trinajstić information content (AvgIpc) is 2.56. The summed E-state index contributed by atoms with van der Waals surface area (Å²) in [6.07, 6.45) is 5.29. The molecule has 26 heavy (non-hydrogen) atoms. The summed E-state index contributed by atoms with van der Waals surface area (Å²) in [6.45, 7) is 0. The number of amides is 1. The van der Waals surface area contributed by atoms with Crippen LogP contribution in [0, 0.1) is 11.8 Å². The van der Waals surface area contributed by atoms with E-state index in [0.29, 0.717) is 17.4 Å². The van der Waals surface area contributed by atoms with Gasteiger partial charge in [0.2, 0.25) is 15.7 Å². The Balaban J connectivity index is 1.62. The van der Waals surface area contributed by atoms with Crippen LogP contribution in [-0.4, -0.2) is 32.2 Å². The zero-order valence-electron chi connectivity index (χ0n) is 14.4. The third-order valence-corrected chi connectivity index (χ3v) is 6.95. The molecule has 0 heterocycles. The van der Waals surface area contributed by atoms with Gasteiger partial charge in [0, 0.05) is 12.1 Å². The normalized spacial score (nSPS) is 28.8. The van der Waals surface area contributed by atoms with Crippen molar-refractivity contribution in [2.45, 2.75) is 61.3 Å². The lowest BCUT2D eigenvalue weighted by atomic mass is 9.67. The molecule has 2 saturated carbocycles. The number of fused-ring (bicyclic) bond motifs is 2. The van der Waals surface area contributed by atoms with E-state index in [1.54, 1.807) is 0 Å². The topological polar surface area (TPSA) is 89.3 Å². The molecule has 2 fully saturated rings. The minimum Gasteiger partial charge on any atom is -0.353 e. The molecule has 144 valence electrons. The second kappa shape index (κ2) is 7.60. The molecular weight excluding hydrogens is 362 g/mol. The highest BCUT2D eigenvalue weighted by molar-refractivity contribution is 7.91. The number of rotatable bonds is 5. The SMILES string of the molecule is NC1CC2CCCC(C1)C2NC(=O)Cc1ccc(S(=O)(=O)C(F)F)cc1. The fourth-order valence-corrected chi connectivity index (χ4v) is 5.07. The number of halogens is 2. The minimum absolute atomic E-state index is 0.0942. The Morgan fingerprint density at radius 2 is 1.73 bits per heavy atom. The predicted octanol–water partition coefficient (Wildman–Crippen LogP) is 2.25. The number of sulfone groups is 1. The number of hydrogen-bond donors (Lipinski definition) is 2. The van der Waals surface area contributed by atoms with Crippen molar-refractivity contribution in [1.82, 2.24) is 5.32 Å². The third-order valence-electron chi connectivity index (χ3n) is 5.56. The zero-order chi connectivity index (χ0) is 18.9. The van der Waals surface area contributed by atoms with Gasteiger partial charge in [-0.3, -0.25) is 4.79 Å². The molecule has 3 N–H and O–H groups in total. The Kier molecular flexibility index (Phi) is 5.62. The Morgan fingerprint density at radius 3 is 2.27 bits per heavy atom. The third kappa shape index (κ3) is 4.06. The fraction of sp³-hybridized carbons (Fsp3) is 0.611. The lowest BCUT2D eigenvalue weighted by molar-refractivity contribution is -0.122. The summed E-state index contributed by atoms with van der Waals surface area (Å²) in [5.74, 6) is -2.75. The number of carbonyl (C=O) groups excluding carboxylic acids is 1. The van der Waals surface area contributed by atoms with E-state index in [1.165, 1.54) is 18.6 Å². The van der Waals surface area contributed by atoms with Crippen molar-refractivity contribution in [2.24, 2.45) is 17.6 Å². The second-order valence-corrected chi connectivity index (χ2v) is 9.32. The maximum absolute atomic E-state index is 12.5. The molecule has 2 bridgehead atoms. The molecule has 0 aromatic heterocycles. The monoisotopic (exact) mass is 386 g/mol. The van der Waals surface area contributed by atoms with Crippen molar-refractivity contribution in [3.63, 3.8) is 0 Å². The van der Waals surface area contributed by atoms with Crippen LogP contribution in [0.25, 0.3) is 0 Å². The number of hydrogen-bond acceptors (Lipinski definition) is 4. The number of nitrogens with two attached hydrogens (primary N) is 1. The summed E-state index contributed by atoms with van der Waals surface area (Å²) in [5.41, 5.74) is 6.69. The van der Waals surface area contributed by atoms with Crippen molar-refractivity contribution >= 4 is 15.7 Å². The van der Waals surface area contributed by atoms with Gasteiger partial charge in [0.25, 0.3) is 0 Å². The highest BCUT2D eigenvalue weighted by atomic mass is 32.2. The highest BCUT2D eigenvalue weighted by Crippen LogP contribution is 2.39. The highest BCUT2D eigenvalue weighted by Gasteiger charge is 2.39. The van der Waals surface area contributed by atoms with E-state index < -0.39 is 20.5 Å². The Morgan fingerprint density at radius 1 is 1.15 bits per heavy atom. The standard InChI is InChI=1S/C18H24F2N2O3S/c19-18(20)26(24,25)15-6-4-11(5-7-15)8-16(23)22-17-12-2-1-3-13(17)10-14(21)9-12/h4-7,12-14,17-18H,1-3,8-10,21H2,(H,22,23). The number of alkyl halides is 2. The Hall–Kier alpha value is -1.54. The predicted molar refractivity (Wildman–Crippen MR) is 93.3 cm³/mol. The first kappa shape index (κ1) is 19.2. The maximum Gasteiger partial charge on any atom is 0.341 e. The van der Waals surface area contributed by atoms with E-state index in [4.69, 9.17) is 5.73 Å². The van der Waals surface area contributed by atoms with Crippen LogP contribution in [0.1, 0.15) is 37.7 Å². The summed E-state index contributed by atoms with van der Waals surface area (Å²) in [7, 11) is -4.61. The summed E-state index contributed by atoms with van der Waals surface area (Å²) < 4.78 is 48.0. The van der Waals surface area contributed by atoms with Gasteiger partial charge in [-0.15, -0.1) is 0 Å². The number of benzene rings is 1. The zero-order valence-corrected chi connectivity index (χ0v) is 15.2. The van der Waals surface area contributed by atoms with Gasteiger partial charge in [-0.1, -0.05) is 18.6 Å². The van der Waals surface area contributed by atoms with Crippen LogP contribution in [0.2, 0.25) is 0 Å². The molecule has 8 heteroatoms. The quantitative estimate of drug-likeness (QED) is 0.812. The Labute approximate surface area is 152 Å². The number of carbonyl (C=O) groups is 1. The molecule has 0 aliphatic heterocycles. The smallest absolute Gasteiger partial charge is 0.341 e. The van der Waals surface area contributed by atoms with E-state index in [0.717, 1.165) is 37.8 Å². The molecule has 2 aliphatic carbocycles. The molecule has 0 radical (unpaired) electrons. The maximum atomic E-state index is 12.5. The number of nitrogens with one attached hydrogen (secondary N) is 1. The van der Waals surface area contributed by atoms with Gasteiger partial charge in [-0.25, -0.2) is 8.42 Å². The van der Waals surface area contributed by atoms with Crippen molar-refractivity contribution in [3.8, 4) is 0 Å². The summed E-state index contributed by atoms with van der Waals surface area (Å²) >= 11 is 0. The second-order valence-electron chi connectivity index (χ2n) is 7.40. The van der Waals surface area contributed by atoms with Crippen LogP contribution >= 0.6 is 0 Å². The van der Waals surface area contributed by atoms with Gasteiger partial charge in [-0.2, -0.15) is 8.78 Å². The van der Waals surface area contributed by atoms with E-state index in [9.17, 15) is 22.0 Å². The molecule has 1 aromatic rings. The summed E-state index contributed by atoms with van der Waals surface area (Å²) in [6, 6.07) is 5.42. The van der Waals surface area contributed by atoms with Crippen LogP contribution in [0.15, 0.2) is 29.2 Å². The first-order valence-corrected chi connectivity index (χ1v) is 10.5. The van der Waals surface area contributed by atoms with Crippen molar-refractivity contribution < 1.29 is 22.0 Å². The van der Waals surface area contributed by atoms with Gasteiger partial charge in [0.15, 0.2) is 0 Å². The molecule has 2 atom stereocenters. The summed E-state index contributed by atoms with van der Waals surface area (Å²) in [4.78, 5) is 12.0. The van der Waals surface area contributed by atoms with Crippen LogP contribution in [0.4, 0.5) is 8.78 Å². The molecule has 0 saturated heterocycles. The fourth-order valence-electron chi connectivity index (χ4n) is 4.35. The molecule has 0 spiro atoms. The van der Waals surface area contributed by atoms with Crippen molar-refractivity contribution in [1.29, 1.82) is 0 Å². The first-order chi connectivity index (χ1) is 12.3. The van der Waals surface area contributed by atoms with Crippen molar-refractivity contribution in [2.75, 3.05) is 0 Å². The Bertz CT molecular complexity index is 738. The van der Waals surface area contributed by atoms with Gasteiger partial charge >= 0.3 is 5.76 Å². The lowest BCUT2D eigenvalue weighted by Gasteiger charge is -2.45. The molecule has 3 rings (SSSR count). The van der Waals surface area contributed by atoms with Crippen LogP contribution in [0.3, 0.4) is 0 Å². The largest absolute Gasteiger partial charge is 0.353 e. The van der Waals surface area contributed by atoms with Gasteiger partial charge < -0.3 is 11.1 Å². The summed E-state index contributed by atoms with van der Waals surface area (Å²) in [5, 5.41) is 3.12. The van der Waals surface area contributed by atoms with Gasteiger partial charge in [-0.05, 0) is 55.2 Å². The molecular formula is C18H24F2N2O3S. The molecule has 1 amide bonds. The first-order valence-electron chi connectivity index (χ1n) is 8.93. The van der Waals surface area contributed by atoms with Crippen LogP contribution < -0.4 is 11.1 Å². The van der Waals surface area contributed by atoms with E-state index in [2.05, 4.69) is 5.32 Å². The molecule has 2 aliphatic rings. The van der Waals surface area contributed by atoms with E-state index in [1.807, 2.05) is 0 Å². The minimum atomic E-state index is -4.61. The van der Waals surface area contributed by atoms with Gasteiger partial charge in [0.05, 0.1) is 11.3 Å². The average molecular weight is 386 g/mol. The molecule has 1 aromatic carbocycles. The van der Waals surface area contributed by atoms with Crippen LogP contribution in [-0.2, 0) is 21.1 Å². The molecule has 2 unspecified atom stereocenters. The van der Waals surface area contributed by atoms with Crippen molar-refractivity contribution in [3.05, 3.63) is 29.8 Å². The van der Waals surface area contributed by atoms with Crippen LogP contribution in [0.5, 0.6) is 0 Å².